The van der Waals surface area contributed by atoms with Gasteiger partial charge in [0.1, 0.15) is 6.11 Å². The third-order valence-electron chi connectivity index (χ3n) is 0.980. The van der Waals surface area contributed by atoms with Crippen LogP contribution in [-0.2, 0) is 0 Å². The summed E-state index contributed by atoms with van der Waals surface area (Å²) in [6, 6.07) is 0.370. The smallest absolute Gasteiger partial charge is 0.107 e. The Kier molecular flexibility index (Phi) is 4.10. The van der Waals surface area contributed by atoms with Gasteiger partial charge in [0.05, 0.1) is 0 Å². The van der Waals surface area contributed by atoms with Crippen LogP contribution in [0.5, 0.6) is 0 Å². The molecular formula is C6H11NO. The molecular weight excluding hydrogens is 102 g/mol. The monoisotopic (exact) mass is 113 g/mol. The van der Waals surface area contributed by atoms with E-state index in [4.69, 9.17) is 5.11 Å². The molecule has 0 saturated carbocycles. The van der Waals surface area contributed by atoms with Gasteiger partial charge in [0.2, 0.25) is 0 Å². The third kappa shape index (κ3) is 3.51. The highest BCUT2D eigenvalue weighted by atomic mass is 16.2. The molecule has 0 rings (SSSR count). The van der Waals surface area contributed by atoms with Crippen LogP contribution >= 0.6 is 0 Å². The quantitative estimate of drug-likeness (QED) is 0.505. The average molecular weight is 113 g/mol. The first-order chi connectivity index (χ1) is 3.81. The predicted octanol–water partition coefficient (Wildman–Crippen LogP) is 0.318. The first kappa shape index (κ1) is 7.32. The highest BCUT2D eigenvalue weighted by Crippen LogP contribution is 1.83. The van der Waals surface area contributed by atoms with E-state index >= 15 is 0 Å². The first-order valence-electron chi connectivity index (χ1n) is 2.60. The Hall–Kier alpha value is -0.680. The molecule has 0 saturated heterocycles. The van der Waals surface area contributed by atoms with Crippen LogP contribution in [0.4, 0.5) is 0 Å². The van der Waals surface area contributed by atoms with Gasteiger partial charge in [-0.2, -0.15) is 0 Å². The third-order valence-corrected chi connectivity index (χ3v) is 0.980. The standard InChI is InChI=1S/C6H11NO/c1-6(7-2)4-3-5-8/h6-8H,4H2,1-2H3. The Morgan fingerprint density at radius 3 is 2.75 bits per heavy atom. The average Bonchev–Trinajstić information content (AvgIpc) is 1.83. The molecule has 46 valence electrons. The summed E-state index contributed by atoms with van der Waals surface area (Å²) in [5.41, 5.74) is 0. The zero-order chi connectivity index (χ0) is 6.41. The van der Waals surface area contributed by atoms with Crippen molar-refractivity contribution in [2.45, 2.75) is 19.4 Å². The highest BCUT2D eigenvalue weighted by Gasteiger charge is 1.90. The van der Waals surface area contributed by atoms with Crippen molar-refractivity contribution in [3.05, 3.63) is 0 Å². The van der Waals surface area contributed by atoms with E-state index in [9.17, 15) is 0 Å². The second kappa shape index (κ2) is 4.48. The zero-order valence-corrected chi connectivity index (χ0v) is 5.23. The summed E-state index contributed by atoms with van der Waals surface area (Å²) in [4.78, 5) is 0. The van der Waals surface area contributed by atoms with Gasteiger partial charge in [-0.3, -0.25) is 0 Å². The fourth-order valence-electron chi connectivity index (χ4n) is 0.301. The lowest BCUT2D eigenvalue weighted by molar-refractivity contribution is 0.514. The molecule has 0 aromatic rings. The van der Waals surface area contributed by atoms with Crippen LogP contribution in [0.25, 0.3) is 0 Å². The molecule has 2 N–H and O–H groups in total. The number of rotatable bonds is 2. The van der Waals surface area contributed by atoms with E-state index in [1.54, 1.807) is 0 Å². The zero-order valence-electron chi connectivity index (χ0n) is 5.23. The summed E-state index contributed by atoms with van der Waals surface area (Å²) in [6.07, 6.45) is 2.54. The molecule has 0 aliphatic rings. The van der Waals surface area contributed by atoms with Crippen LogP contribution in [0.3, 0.4) is 0 Å². The van der Waals surface area contributed by atoms with Gasteiger partial charge in [-0.15, -0.1) is 0 Å². The van der Waals surface area contributed by atoms with Crippen molar-refractivity contribution in [2.24, 2.45) is 0 Å². The lowest BCUT2D eigenvalue weighted by atomic mass is 10.2. The molecule has 1 atom stereocenters. The van der Waals surface area contributed by atoms with Gasteiger partial charge in [-0.25, -0.2) is 0 Å². The van der Waals surface area contributed by atoms with Crippen molar-refractivity contribution in [3.63, 3.8) is 0 Å². The molecule has 0 heterocycles. The van der Waals surface area contributed by atoms with E-state index < -0.39 is 0 Å². The Labute approximate surface area is 49.9 Å². The molecule has 1 unspecified atom stereocenters. The second-order valence-corrected chi connectivity index (χ2v) is 1.68. The van der Waals surface area contributed by atoms with E-state index in [1.807, 2.05) is 20.1 Å². The molecule has 0 aromatic heterocycles. The molecule has 0 amide bonds. The minimum Gasteiger partial charge on any atom is -0.462 e. The van der Waals surface area contributed by atoms with Crippen molar-refractivity contribution in [3.8, 4) is 12.0 Å². The first-order valence-corrected chi connectivity index (χ1v) is 2.60. The van der Waals surface area contributed by atoms with E-state index in [2.05, 4.69) is 11.2 Å². The van der Waals surface area contributed by atoms with E-state index in [0.29, 0.717) is 12.5 Å². The maximum atomic E-state index is 8.02. The van der Waals surface area contributed by atoms with Crippen molar-refractivity contribution in [2.75, 3.05) is 7.05 Å². The topological polar surface area (TPSA) is 32.3 Å². The van der Waals surface area contributed by atoms with Crippen molar-refractivity contribution in [1.82, 2.24) is 5.32 Å². The molecule has 0 aliphatic carbocycles. The van der Waals surface area contributed by atoms with Gasteiger partial charge in [-0.1, -0.05) is 5.92 Å². The van der Waals surface area contributed by atoms with Crippen molar-refractivity contribution in [1.29, 1.82) is 0 Å². The SMILES string of the molecule is CNC(C)CC#CO. The largest absolute Gasteiger partial charge is 0.462 e. The summed E-state index contributed by atoms with van der Waals surface area (Å²) >= 11 is 0. The summed E-state index contributed by atoms with van der Waals surface area (Å²) in [5.74, 6) is 2.54. The van der Waals surface area contributed by atoms with Crippen LogP contribution in [0.2, 0.25) is 0 Å². The van der Waals surface area contributed by atoms with E-state index in [0.717, 1.165) is 0 Å². The molecule has 0 radical (unpaired) electrons. The van der Waals surface area contributed by atoms with Crippen molar-refractivity contribution >= 4 is 0 Å². The fraction of sp³-hybridized carbons (Fsp3) is 0.667. The van der Waals surface area contributed by atoms with Gasteiger partial charge in [0, 0.05) is 12.5 Å². The fourth-order valence-corrected chi connectivity index (χ4v) is 0.301. The lowest BCUT2D eigenvalue weighted by Gasteiger charge is -2.01. The molecule has 0 spiro atoms. The molecule has 0 bridgehead atoms. The minimum absolute atomic E-state index is 0.370. The maximum absolute atomic E-state index is 8.02. The van der Waals surface area contributed by atoms with E-state index in [-0.39, 0.29) is 0 Å². The summed E-state index contributed by atoms with van der Waals surface area (Å²) in [5, 5.41) is 11.0. The Bertz CT molecular complexity index is 101. The van der Waals surface area contributed by atoms with Crippen LogP contribution in [-0.4, -0.2) is 18.2 Å². The number of nitrogens with one attached hydrogen (secondary N) is 1. The molecule has 2 nitrogen and oxygen atoms in total. The Morgan fingerprint density at radius 2 is 2.38 bits per heavy atom. The summed E-state index contributed by atoms with van der Waals surface area (Å²) in [6.45, 7) is 2.00. The Balaban J connectivity index is 3.19. The van der Waals surface area contributed by atoms with Gasteiger partial charge in [-0.05, 0) is 14.0 Å². The number of aliphatic hydroxyl groups is 1. The molecule has 8 heavy (non-hydrogen) atoms. The Morgan fingerprint density at radius 1 is 1.75 bits per heavy atom. The lowest BCUT2D eigenvalue weighted by Crippen LogP contribution is -2.19. The minimum atomic E-state index is 0.370. The number of hydrogen-bond donors (Lipinski definition) is 2. The van der Waals surface area contributed by atoms with Gasteiger partial charge in [0.15, 0.2) is 0 Å². The number of aliphatic hydroxyl groups excluding tert-OH is 1. The maximum Gasteiger partial charge on any atom is 0.107 e. The summed E-state index contributed by atoms with van der Waals surface area (Å²) < 4.78 is 0. The van der Waals surface area contributed by atoms with Crippen molar-refractivity contribution < 1.29 is 5.11 Å². The van der Waals surface area contributed by atoms with Crippen LogP contribution < -0.4 is 5.32 Å². The summed E-state index contributed by atoms with van der Waals surface area (Å²) in [7, 11) is 1.86. The molecule has 2 heteroatoms. The van der Waals surface area contributed by atoms with Crippen LogP contribution in [0, 0.1) is 12.0 Å². The van der Waals surface area contributed by atoms with Crippen LogP contribution in [0.15, 0.2) is 0 Å². The van der Waals surface area contributed by atoms with E-state index in [1.165, 1.54) is 0 Å². The molecule has 0 aromatic carbocycles. The van der Waals surface area contributed by atoms with Gasteiger partial charge < -0.3 is 10.4 Å². The number of hydrogen-bond acceptors (Lipinski definition) is 2. The van der Waals surface area contributed by atoms with Gasteiger partial charge in [0.25, 0.3) is 0 Å². The highest BCUT2D eigenvalue weighted by molar-refractivity contribution is 4.92. The predicted molar refractivity (Wildman–Crippen MR) is 32.9 cm³/mol. The molecule has 0 fully saturated rings. The normalized spacial score (nSPS) is 11.8. The van der Waals surface area contributed by atoms with Gasteiger partial charge >= 0.3 is 0 Å². The van der Waals surface area contributed by atoms with Crippen LogP contribution in [0.1, 0.15) is 13.3 Å². The molecule has 0 aliphatic heterocycles. The second-order valence-electron chi connectivity index (χ2n) is 1.68.